The van der Waals surface area contributed by atoms with Crippen LogP contribution in [0.4, 0.5) is 0 Å². The zero-order chi connectivity index (χ0) is 10.2. The first kappa shape index (κ1) is 11.5. The predicted molar refractivity (Wildman–Crippen MR) is 62.5 cm³/mol. The average Bonchev–Trinajstić information content (AvgIpc) is 2.25. The lowest BCUT2D eigenvalue weighted by Gasteiger charge is -2.27. The molecule has 2 nitrogen and oxygen atoms in total. The maximum absolute atomic E-state index is 3.37. The van der Waals surface area contributed by atoms with Gasteiger partial charge in [-0.15, -0.1) is 0 Å². The van der Waals surface area contributed by atoms with Crippen molar-refractivity contribution in [2.24, 2.45) is 0 Å². The van der Waals surface area contributed by atoms with Gasteiger partial charge in [0.05, 0.1) is 0 Å². The molecular weight excluding hydrogens is 172 g/mol. The number of hydrogen-bond acceptors (Lipinski definition) is 2. The third-order valence-electron chi connectivity index (χ3n) is 2.55. The summed E-state index contributed by atoms with van der Waals surface area (Å²) in [5, 5.41) is 3.37. The standard InChI is InChI=1S/C12H22N2/c1-3-5-6-12(4-2)11-14-9-7-13-8-10-14/h4-6,13H,3,7-11H2,1-2H3/b6-5-,12-4+. The zero-order valence-corrected chi connectivity index (χ0v) is 9.42. The minimum atomic E-state index is 1.11. The van der Waals surface area contributed by atoms with E-state index in [2.05, 4.69) is 42.3 Å². The van der Waals surface area contributed by atoms with Gasteiger partial charge in [0.1, 0.15) is 0 Å². The van der Waals surface area contributed by atoms with Crippen LogP contribution < -0.4 is 5.32 Å². The molecule has 0 aromatic heterocycles. The first-order chi connectivity index (χ1) is 6.86. The topological polar surface area (TPSA) is 15.3 Å². The molecule has 0 aromatic carbocycles. The second-order valence-corrected chi connectivity index (χ2v) is 3.70. The number of allylic oxidation sites excluding steroid dienone is 2. The van der Waals surface area contributed by atoms with E-state index in [1.165, 1.54) is 18.7 Å². The van der Waals surface area contributed by atoms with Gasteiger partial charge in [-0.1, -0.05) is 25.2 Å². The predicted octanol–water partition coefficient (Wildman–Crippen LogP) is 1.80. The second kappa shape index (κ2) is 6.80. The van der Waals surface area contributed by atoms with Gasteiger partial charge >= 0.3 is 0 Å². The van der Waals surface area contributed by atoms with E-state index in [4.69, 9.17) is 0 Å². The lowest BCUT2D eigenvalue weighted by atomic mass is 10.2. The Bertz CT molecular complexity index is 200. The molecule has 1 heterocycles. The van der Waals surface area contributed by atoms with Gasteiger partial charge in [0.25, 0.3) is 0 Å². The van der Waals surface area contributed by atoms with E-state index < -0.39 is 0 Å². The number of nitrogens with one attached hydrogen (secondary N) is 1. The Morgan fingerprint density at radius 2 is 2.07 bits per heavy atom. The van der Waals surface area contributed by atoms with E-state index in [-0.39, 0.29) is 0 Å². The van der Waals surface area contributed by atoms with Crippen molar-refractivity contribution in [3.63, 3.8) is 0 Å². The number of nitrogens with zero attached hydrogens (tertiary/aromatic N) is 1. The van der Waals surface area contributed by atoms with Crippen molar-refractivity contribution in [1.82, 2.24) is 10.2 Å². The Hall–Kier alpha value is -0.600. The van der Waals surface area contributed by atoms with Crippen molar-refractivity contribution in [1.29, 1.82) is 0 Å². The molecule has 0 bridgehead atoms. The van der Waals surface area contributed by atoms with Crippen LogP contribution in [-0.4, -0.2) is 37.6 Å². The Kier molecular flexibility index (Phi) is 5.57. The van der Waals surface area contributed by atoms with Gasteiger partial charge in [-0.05, 0) is 18.9 Å². The van der Waals surface area contributed by atoms with Gasteiger partial charge in [0, 0.05) is 32.7 Å². The molecule has 0 spiro atoms. The summed E-state index contributed by atoms with van der Waals surface area (Å²) in [7, 11) is 0. The van der Waals surface area contributed by atoms with Crippen molar-refractivity contribution in [2.45, 2.75) is 20.3 Å². The SMILES string of the molecule is C/C=C(\C=C/CC)CN1CCNCC1. The quantitative estimate of drug-likeness (QED) is 0.687. The van der Waals surface area contributed by atoms with Crippen LogP contribution in [0.15, 0.2) is 23.8 Å². The molecule has 14 heavy (non-hydrogen) atoms. The van der Waals surface area contributed by atoms with Crippen molar-refractivity contribution >= 4 is 0 Å². The zero-order valence-electron chi connectivity index (χ0n) is 9.42. The summed E-state index contributed by atoms with van der Waals surface area (Å²) < 4.78 is 0. The van der Waals surface area contributed by atoms with Crippen LogP contribution in [0.2, 0.25) is 0 Å². The van der Waals surface area contributed by atoms with E-state index in [0.717, 1.165) is 26.1 Å². The fourth-order valence-electron chi connectivity index (χ4n) is 1.64. The lowest BCUT2D eigenvalue weighted by Crippen LogP contribution is -2.44. The summed E-state index contributed by atoms with van der Waals surface area (Å²) in [5.74, 6) is 0. The van der Waals surface area contributed by atoms with Crippen molar-refractivity contribution in [2.75, 3.05) is 32.7 Å². The molecule has 0 aromatic rings. The van der Waals surface area contributed by atoms with Crippen molar-refractivity contribution in [3.8, 4) is 0 Å². The molecule has 1 saturated heterocycles. The van der Waals surface area contributed by atoms with Gasteiger partial charge in [-0.2, -0.15) is 0 Å². The van der Waals surface area contributed by atoms with E-state index in [9.17, 15) is 0 Å². The summed E-state index contributed by atoms with van der Waals surface area (Å²) in [5.41, 5.74) is 1.44. The highest BCUT2D eigenvalue weighted by Gasteiger charge is 2.09. The lowest BCUT2D eigenvalue weighted by molar-refractivity contribution is 0.261. The molecule has 1 fully saturated rings. The molecule has 2 heteroatoms. The molecule has 0 amide bonds. The van der Waals surface area contributed by atoms with E-state index in [1.807, 2.05) is 0 Å². The smallest absolute Gasteiger partial charge is 0.0231 e. The summed E-state index contributed by atoms with van der Waals surface area (Å²) in [4.78, 5) is 2.51. The first-order valence-electron chi connectivity index (χ1n) is 5.61. The van der Waals surface area contributed by atoms with Crippen LogP contribution in [-0.2, 0) is 0 Å². The van der Waals surface area contributed by atoms with Crippen molar-refractivity contribution in [3.05, 3.63) is 23.8 Å². The van der Waals surface area contributed by atoms with Crippen LogP contribution in [0.5, 0.6) is 0 Å². The van der Waals surface area contributed by atoms with Gasteiger partial charge in [0.15, 0.2) is 0 Å². The monoisotopic (exact) mass is 194 g/mol. The van der Waals surface area contributed by atoms with Gasteiger partial charge < -0.3 is 5.32 Å². The van der Waals surface area contributed by atoms with E-state index in [0.29, 0.717) is 0 Å². The number of piperazine rings is 1. The highest BCUT2D eigenvalue weighted by atomic mass is 15.2. The normalized spacial score (nSPS) is 20.6. The summed E-state index contributed by atoms with van der Waals surface area (Å²) >= 11 is 0. The number of rotatable bonds is 4. The Morgan fingerprint density at radius 3 is 2.64 bits per heavy atom. The largest absolute Gasteiger partial charge is 0.314 e. The molecule has 1 aliphatic rings. The van der Waals surface area contributed by atoms with Gasteiger partial charge in [-0.3, -0.25) is 4.90 Å². The number of hydrogen-bond donors (Lipinski definition) is 1. The first-order valence-corrected chi connectivity index (χ1v) is 5.61. The van der Waals surface area contributed by atoms with E-state index >= 15 is 0 Å². The minimum Gasteiger partial charge on any atom is -0.314 e. The Labute approximate surface area is 87.7 Å². The Balaban J connectivity index is 2.35. The highest BCUT2D eigenvalue weighted by molar-refractivity contribution is 5.19. The third-order valence-corrected chi connectivity index (χ3v) is 2.55. The Morgan fingerprint density at radius 1 is 1.36 bits per heavy atom. The van der Waals surface area contributed by atoms with Gasteiger partial charge in [0.2, 0.25) is 0 Å². The molecule has 0 saturated carbocycles. The molecule has 0 radical (unpaired) electrons. The van der Waals surface area contributed by atoms with E-state index in [1.54, 1.807) is 0 Å². The molecule has 0 atom stereocenters. The molecular formula is C12H22N2. The van der Waals surface area contributed by atoms with Crippen LogP contribution in [0.3, 0.4) is 0 Å². The second-order valence-electron chi connectivity index (χ2n) is 3.70. The molecule has 0 unspecified atom stereocenters. The average molecular weight is 194 g/mol. The fraction of sp³-hybridized carbons (Fsp3) is 0.667. The van der Waals surface area contributed by atoms with Gasteiger partial charge in [-0.25, -0.2) is 0 Å². The molecule has 80 valence electrons. The summed E-state index contributed by atoms with van der Waals surface area (Å²) in [6.07, 6.45) is 7.83. The minimum absolute atomic E-state index is 1.11. The van der Waals surface area contributed by atoms with Crippen LogP contribution in [0.25, 0.3) is 0 Å². The highest BCUT2D eigenvalue weighted by Crippen LogP contribution is 2.03. The third kappa shape index (κ3) is 4.07. The molecule has 1 N–H and O–H groups in total. The maximum Gasteiger partial charge on any atom is 0.0231 e. The fourth-order valence-corrected chi connectivity index (χ4v) is 1.64. The van der Waals surface area contributed by atoms with Crippen LogP contribution >= 0.6 is 0 Å². The summed E-state index contributed by atoms with van der Waals surface area (Å²) in [6, 6.07) is 0. The summed E-state index contributed by atoms with van der Waals surface area (Å²) in [6.45, 7) is 10.0. The molecule has 0 aliphatic carbocycles. The molecule has 1 rings (SSSR count). The van der Waals surface area contributed by atoms with Crippen molar-refractivity contribution < 1.29 is 0 Å². The van der Waals surface area contributed by atoms with Crippen LogP contribution in [0, 0.1) is 0 Å². The molecule has 1 aliphatic heterocycles. The maximum atomic E-state index is 3.37. The van der Waals surface area contributed by atoms with Crippen LogP contribution in [0.1, 0.15) is 20.3 Å².